The van der Waals surface area contributed by atoms with Gasteiger partial charge < -0.3 is 49.1 Å². The molecule has 20 heteroatoms. The molecule has 0 unspecified atom stereocenters. The lowest BCUT2D eigenvalue weighted by Crippen LogP contribution is -2.43. The Kier molecular flexibility index (Phi) is 19.9. The SMILES string of the molecule is CC(C)(C)OC(=O)NCCCCC(=O)OC[C@H]1O[C@@H](n2ccc(=O)[nH]c2=O)[C@H](OC(=O)CCCCNC(=O)OC(C)(C)C)[C@@H]1OC(=O)CCCCNC(=O)OC(C)(C)C. The molecular weight excluding hydrogens is 778 g/mol. The summed E-state index contributed by atoms with van der Waals surface area (Å²) in [6.45, 7) is 15.8. The predicted octanol–water partition coefficient (Wildman–Crippen LogP) is 3.89. The Hall–Kier alpha value is -5.14. The maximum absolute atomic E-state index is 13.2. The quantitative estimate of drug-likeness (QED) is 0.0825. The third-order valence-electron chi connectivity index (χ3n) is 7.78. The van der Waals surface area contributed by atoms with Crippen LogP contribution in [-0.2, 0) is 47.5 Å². The molecule has 0 aliphatic carbocycles. The highest BCUT2D eigenvalue weighted by atomic mass is 16.7. The molecule has 4 atom stereocenters. The Bertz CT molecular complexity index is 1670. The lowest BCUT2D eigenvalue weighted by Gasteiger charge is -2.25. The van der Waals surface area contributed by atoms with Crippen molar-refractivity contribution >= 4 is 36.2 Å². The number of hydrogen-bond acceptors (Lipinski definition) is 15. The van der Waals surface area contributed by atoms with Gasteiger partial charge in [-0.1, -0.05) is 0 Å². The van der Waals surface area contributed by atoms with E-state index in [1.54, 1.807) is 62.3 Å². The molecule has 2 rings (SSSR count). The molecule has 2 heterocycles. The molecule has 1 aliphatic heterocycles. The van der Waals surface area contributed by atoms with Crippen molar-refractivity contribution < 1.29 is 61.9 Å². The number of aromatic amines is 1. The van der Waals surface area contributed by atoms with E-state index in [0.717, 1.165) is 16.8 Å². The van der Waals surface area contributed by atoms with Gasteiger partial charge in [0.1, 0.15) is 29.5 Å². The van der Waals surface area contributed by atoms with E-state index in [2.05, 4.69) is 20.9 Å². The number of carbonyl (C=O) groups is 6. The monoisotopic (exact) mass is 841 g/mol. The number of rotatable bonds is 20. The fraction of sp³-hybridized carbons (Fsp3) is 0.744. The van der Waals surface area contributed by atoms with Gasteiger partial charge >= 0.3 is 41.9 Å². The molecule has 0 spiro atoms. The van der Waals surface area contributed by atoms with Crippen molar-refractivity contribution in [1.82, 2.24) is 25.5 Å². The third-order valence-corrected chi connectivity index (χ3v) is 7.78. The lowest BCUT2D eigenvalue weighted by atomic mass is 10.1. The first kappa shape index (κ1) is 50.0. The number of nitrogens with one attached hydrogen (secondary N) is 4. The number of aromatic nitrogens is 2. The standard InChI is InChI=1S/C39H63N5O15/c1-37(2,3)57-34(50)40-20-13-10-16-27(46)53-24-25-30(55-28(47)17-11-14-21-41-35(51)58-38(4,5)6)31(32(54-25)44-23-19-26(45)43-33(44)49)56-29(48)18-12-15-22-42-36(52)59-39(7,8)9/h19,23,25,30-32H,10-18,20-22,24H2,1-9H3,(H,40,50)(H,41,51)(H,42,52)(H,43,45,49)/t25-,30-,31-,32-/m1/s1. The van der Waals surface area contributed by atoms with Gasteiger partial charge in [0.25, 0.3) is 5.56 Å². The van der Waals surface area contributed by atoms with Crippen LogP contribution in [0.25, 0.3) is 0 Å². The smallest absolute Gasteiger partial charge is 0.407 e. The van der Waals surface area contributed by atoms with E-state index in [9.17, 15) is 38.4 Å². The highest BCUT2D eigenvalue weighted by molar-refractivity contribution is 5.71. The molecule has 0 aromatic carbocycles. The maximum atomic E-state index is 13.2. The Morgan fingerprint density at radius 2 is 1.03 bits per heavy atom. The van der Waals surface area contributed by atoms with Crippen LogP contribution >= 0.6 is 0 Å². The summed E-state index contributed by atoms with van der Waals surface area (Å²) in [5, 5.41) is 7.82. The zero-order chi connectivity index (χ0) is 44.4. The summed E-state index contributed by atoms with van der Waals surface area (Å²) in [6.07, 6.45) is -4.29. The molecule has 1 fully saturated rings. The van der Waals surface area contributed by atoms with Gasteiger partial charge in [-0.3, -0.25) is 28.7 Å². The summed E-state index contributed by atoms with van der Waals surface area (Å²) in [5.74, 6) is -2.11. The molecule has 59 heavy (non-hydrogen) atoms. The van der Waals surface area contributed by atoms with Crippen LogP contribution in [0.2, 0.25) is 0 Å². The molecule has 334 valence electrons. The largest absolute Gasteiger partial charge is 0.463 e. The van der Waals surface area contributed by atoms with Crippen LogP contribution < -0.4 is 27.2 Å². The van der Waals surface area contributed by atoms with Gasteiger partial charge in [-0.25, -0.2) is 19.2 Å². The Morgan fingerprint density at radius 1 is 0.627 bits per heavy atom. The number of carbonyl (C=O) groups excluding carboxylic acids is 6. The number of H-pyrrole nitrogens is 1. The van der Waals surface area contributed by atoms with E-state index < -0.39 is 95.4 Å². The van der Waals surface area contributed by atoms with Crippen LogP contribution in [0.1, 0.15) is 126 Å². The molecule has 1 aromatic rings. The summed E-state index contributed by atoms with van der Waals surface area (Å²) in [5.41, 5.74) is -3.63. The minimum Gasteiger partial charge on any atom is -0.463 e. The van der Waals surface area contributed by atoms with Crippen LogP contribution in [-0.4, -0.2) is 107 Å². The molecule has 20 nitrogen and oxygen atoms in total. The topological polar surface area (TPSA) is 258 Å². The first-order valence-electron chi connectivity index (χ1n) is 19.8. The summed E-state index contributed by atoms with van der Waals surface area (Å²) in [4.78, 5) is 102. The van der Waals surface area contributed by atoms with Gasteiger partial charge in [0.2, 0.25) is 0 Å². The van der Waals surface area contributed by atoms with E-state index >= 15 is 0 Å². The number of esters is 3. The van der Waals surface area contributed by atoms with Crippen molar-refractivity contribution in [3.05, 3.63) is 33.1 Å². The van der Waals surface area contributed by atoms with Crippen molar-refractivity contribution in [3.8, 4) is 0 Å². The second-order valence-corrected chi connectivity index (χ2v) is 16.8. The molecule has 0 saturated carbocycles. The number of alkyl carbamates (subject to hydrolysis) is 3. The predicted molar refractivity (Wildman–Crippen MR) is 210 cm³/mol. The summed E-state index contributed by atoms with van der Waals surface area (Å²) in [6, 6.07) is 1.05. The second-order valence-electron chi connectivity index (χ2n) is 16.8. The van der Waals surface area contributed by atoms with E-state index in [1.807, 2.05) is 0 Å². The zero-order valence-electron chi connectivity index (χ0n) is 35.7. The molecular formula is C39H63N5O15. The summed E-state index contributed by atoms with van der Waals surface area (Å²) in [7, 11) is 0. The highest BCUT2D eigenvalue weighted by Crippen LogP contribution is 2.34. The summed E-state index contributed by atoms with van der Waals surface area (Å²) < 4.78 is 39.8. The average molecular weight is 842 g/mol. The van der Waals surface area contributed by atoms with Crippen LogP contribution in [0.15, 0.2) is 21.9 Å². The van der Waals surface area contributed by atoms with E-state index in [-0.39, 0.29) is 51.7 Å². The van der Waals surface area contributed by atoms with Gasteiger partial charge in [0.15, 0.2) is 18.4 Å². The molecule has 0 bridgehead atoms. The van der Waals surface area contributed by atoms with Crippen molar-refractivity contribution in [3.63, 3.8) is 0 Å². The van der Waals surface area contributed by atoms with Crippen LogP contribution in [0.5, 0.6) is 0 Å². The number of nitrogens with zero attached hydrogens (tertiary/aromatic N) is 1. The molecule has 1 aromatic heterocycles. The Labute approximate surface area is 344 Å². The first-order valence-corrected chi connectivity index (χ1v) is 19.8. The lowest BCUT2D eigenvalue weighted by molar-refractivity contribution is -0.169. The molecule has 4 N–H and O–H groups in total. The summed E-state index contributed by atoms with van der Waals surface area (Å²) >= 11 is 0. The van der Waals surface area contributed by atoms with Gasteiger partial charge in [-0.05, 0) is 101 Å². The fourth-order valence-electron chi connectivity index (χ4n) is 5.33. The van der Waals surface area contributed by atoms with Gasteiger partial charge in [-0.15, -0.1) is 0 Å². The second kappa shape index (κ2) is 23.5. The highest BCUT2D eigenvalue weighted by Gasteiger charge is 2.51. The number of amides is 3. The maximum Gasteiger partial charge on any atom is 0.407 e. The normalized spacial score (nSPS) is 17.9. The van der Waals surface area contributed by atoms with E-state index in [4.69, 9.17) is 33.2 Å². The van der Waals surface area contributed by atoms with Crippen LogP contribution in [0.3, 0.4) is 0 Å². The van der Waals surface area contributed by atoms with E-state index in [0.29, 0.717) is 25.7 Å². The van der Waals surface area contributed by atoms with Gasteiger partial charge in [-0.2, -0.15) is 0 Å². The molecule has 3 amide bonds. The van der Waals surface area contributed by atoms with Crippen molar-refractivity contribution in [2.45, 2.75) is 161 Å². The Balaban J connectivity index is 2.16. The molecule has 1 aliphatic rings. The van der Waals surface area contributed by atoms with Gasteiger partial charge in [0, 0.05) is 51.2 Å². The molecule has 0 radical (unpaired) electrons. The zero-order valence-corrected chi connectivity index (χ0v) is 35.7. The van der Waals surface area contributed by atoms with Crippen molar-refractivity contribution in [2.24, 2.45) is 0 Å². The minimum atomic E-state index is -1.44. The van der Waals surface area contributed by atoms with Crippen LogP contribution in [0.4, 0.5) is 14.4 Å². The third kappa shape index (κ3) is 21.4. The number of unbranched alkanes of at least 4 members (excludes halogenated alkanes) is 3. The minimum absolute atomic E-state index is 0.0332. The van der Waals surface area contributed by atoms with Crippen LogP contribution in [0, 0.1) is 0 Å². The number of ether oxygens (including phenoxy) is 7. The van der Waals surface area contributed by atoms with E-state index in [1.165, 1.54) is 0 Å². The van der Waals surface area contributed by atoms with Gasteiger partial charge in [0.05, 0.1) is 0 Å². The fourth-order valence-corrected chi connectivity index (χ4v) is 5.33. The Morgan fingerprint density at radius 3 is 1.44 bits per heavy atom. The van der Waals surface area contributed by atoms with Crippen molar-refractivity contribution in [2.75, 3.05) is 26.2 Å². The first-order chi connectivity index (χ1) is 27.4. The molecule has 1 saturated heterocycles. The van der Waals surface area contributed by atoms with Crippen molar-refractivity contribution in [1.29, 1.82) is 0 Å². The average Bonchev–Trinajstić information content (AvgIpc) is 3.39. The number of hydrogen-bond donors (Lipinski definition) is 4.